The SMILES string of the molecule is CC(C)(C)CC(C)(C)NC(=O)c1ccc(CN(c2ccc(Cl)cc2Cl)S(C)(=O)=O)cc1. The number of sulfonamides is 1. The summed E-state index contributed by atoms with van der Waals surface area (Å²) in [5, 5.41) is 3.75. The third kappa shape index (κ3) is 7.70. The third-order valence-electron chi connectivity index (χ3n) is 4.55. The molecule has 5 nitrogen and oxygen atoms in total. The van der Waals surface area contributed by atoms with E-state index < -0.39 is 10.0 Å². The molecule has 0 saturated heterocycles. The van der Waals surface area contributed by atoms with E-state index >= 15 is 0 Å². The lowest BCUT2D eigenvalue weighted by Gasteiger charge is -2.33. The Morgan fingerprint density at radius 2 is 1.58 bits per heavy atom. The molecular weight excluding hydrogens is 455 g/mol. The van der Waals surface area contributed by atoms with Crippen LogP contribution in [0.25, 0.3) is 0 Å². The van der Waals surface area contributed by atoms with Gasteiger partial charge in [-0.2, -0.15) is 0 Å². The van der Waals surface area contributed by atoms with Crippen LogP contribution in [-0.4, -0.2) is 26.1 Å². The molecule has 0 spiro atoms. The van der Waals surface area contributed by atoms with Crippen molar-refractivity contribution in [2.75, 3.05) is 10.6 Å². The van der Waals surface area contributed by atoms with Crippen molar-refractivity contribution in [1.82, 2.24) is 5.32 Å². The number of hydrogen-bond acceptors (Lipinski definition) is 3. The molecule has 8 heteroatoms. The highest BCUT2D eigenvalue weighted by molar-refractivity contribution is 7.92. The van der Waals surface area contributed by atoms with Crippen LogP contribution in [0.2, 0.25) is 10.0 Å². The van der Waals surface area contributed by atoms with E-state index in [1.165, 1.54) is 10.4 Å². The normalized spacial score (nSPS) is 12.5. The second kappa shape index (κ2) is 9.39. The molecule has 2 aromatic carbocycles. The Kier molecular flexibility index (Phi) is 7.72. The van der Waals surface area contributed by atoms with Crippen LogP contribution in [0.1, 0.15) is 57.0 Å². The second-order valence-corrected chi connectivity index (χ2v) is 12.4. The number of carbonyl (C=O) groups excluding carboxylic acids is 1. The number of nitrogens with zero attached hydrogens (tertiary/aromatic N) is 1. The van der Waals surface area contributed by atoms with E-state index in [1.54, 1.807) is 36.4 Å². The van der Waals surface area contributed by atoms with Gasteiger partial charge in [-0.25, -0.2) is 8.42 Å². The number of anilines is 1. The summed E-state index contributed by atoms with van der Waals surface area (Å²) in [7, 11) is -3.59. The summed E-state index contributed by atoms with van der Waals surface area (Å²) in [4.78, 5) is 12.7. The second-order valence-electron chi connectivity index (χ2n) is 9.64. The molecular formula is C23H30Cl2N2O3S. The van der Waals surface area contributed by atoms with Crippen molar-refractivity contribution in [3.05, 3.63) is 63.6 Å². The Morgan fingerprint density at radius 1 is 1.00 bits per heavy atom. The zero-order valence-corrected chi connectivity index (χ0v) is 21.1. The minimum atomic E-state index is -3.59. The summed E-state index contributed by atoms with van der Waals surface area (Å²) in [6.07, 6.45) is 1.95. The van der Waals surface area contributed by atoms with Crippen molar-refractivity contribution in [2.24, 2.45) is 5.41 Å². The van der Waals surface area contributed by atoms with Crippen LogP contribution in [-0.2, 0) is 16.6 Å². The van der Waals surface area contributed by atoms with E-state index in [4.69, 9.17) is 23.2 Å². The van der Waals surface area contributed by atoms with Gasteiger partial charge in [0.2, 0.25) is 10.0 Å². The predicted octanol–water partition coefficient (Wildman–Crippen LogP) is 5.90. The van der Waals surface area contributed by atoms with Crippen LogP contribution < -0.4 is 9.62 Å². The molecule has 0 unspecified atom stereocenters. The standard InChI is InChI=1S/C23H30Cl2N2O3S/c1-22(2,3)15-23(4,5)26-21(28)17-9-7-16(8-10-17)14-27(31(6,29)30)20-12-11-18(24)13-19(20)25/h7-13H,14-15H2,1-6H3,(H,26,28). The summed E-state index contributed by atoms with van der Waals surface area (Å²) >= 11 is 12.2. The number of benzene rings is 2. The van der Waals surface area contributed by atoms with Crippen LogP contribution in [0.5, 0.6) is 0 Å². The fraction of sp³-hybridized carbons (Fsp3) is 0.435. The number of carbonyl (C=O) groups is 1. The predicted molar refractivity (Wildman–Crippen MR) is 130 cm³/mol. The summed E-state index contributed by atoms with van der Waals surface area (Å²) in [5.41, 5.74) is 1.31. The van der Waals surface area contributed by atoms with Crippen molar-refractivity contribution in [3.63, 3.8) is 0 Å². The van der Waals surface area contributed by atoms with Gasteiger partial charge in [0.1, 0.15) is 0 Å². The number of rotatable bonds is 7. The molecule has 170 valence electrons. The Balaban J connectivity index is 2.20. The molecule has 2 aromatic rings. The van der Waals surface area contributed by atoms with E-state index in [9.17, 15) is 13.2 Å². The molecule has 0 atom stereocenters. The fourth-order valence-corrected chi connectivity index (χ4v) is 5.20. The molecule has 0 saturated carbocycles. The fourth-order valence-electron chi connectivity index (χ4n) is 3.74. The maximum Gasteiger partial charge on any atom is 0.251 e. The summed E-state index contributed by atoms with van der Waals surface area (Å²) in [5.74, 6) is -0.165. The van der Waals surface area contributed by atoms with Crippen LogP contribution in [0.3, 0.4) is 0 Å². The van der Waals surface area contributed by atoms with Gasteiger partial charge in [-0.3, -0.25) is 9.10 Å². The molecule has 2 rings (SSSR count). The summed E-state index contributed by atoms with van der Waals surface area (Å²) in [6, 6.07) is 11.5. The first-order chi connectivity index (χ1) is 14.1. The molecule has 0 bridgehead atoms. The minimum Gasteiger partial charge on any atom is -0.347 e. The Bertz CT molecular complexity index is 1040. The first-order valence-corrected chi connectivity index (χ1v) is 12.5. The van der Waals surface area contributed by atoms with Gasteiger partial charge in [0, 0.05) is 16.1 Å². The van der Waals surface area contributed by atoms with Gasteiger partial charge in [-0.05, 0) is 61.6 Å². The molecule has 0 aliphatic rings. The molecule has 0 radical (unpaired) electrons. The number of hydrogen-bond donors (Lipinski definition) is 1. The Hall–Kier alpha value is -1.76. The van der Waals surface area contributed by atoms with Gasteiger partial charge in [0.05, 0.1) is 23.5 Å². The molecule has 1 amide bonds. The lowest BCUT2D eigenvalue weighted by Crippen LogP contribution is -2.45. The van der Waals surface area contributed by atoms with Crippen LogP contribution in [0, 0.1) is 5.41 Å². The van der Waals surface area contributed by atoms with Gasteiger partial charge in [0.25, 0.3) is 5.91 Å². The lowest BCUT2D eigenvalue weighted by molar-refractivity contribution is 0.0891. The molecule has 1 N–H and O–H groups in total. The zero-order chi connectivity index (χ0) is 23.6. The number of amides is 1. The van der Waals surface area contributed by atoms with E-state index in [-0.39, 0.29) is 28.4 Å². The lowest BCUT2D eigenvalue weighted by atomic mass is 9.81. The van der Waals surface area contributed by atoms with E-state index in [0.717, 1.165) is 18.2 Å². The average molecular weight is 485 g/mol. The van der Waals surface area contributed by atoms with Gasteiger partial charge < -0.3 is 5.32 Å². The smallest absolute Gasteiger partial charge is 0.251 e. The molecule has 0 fully saturated rings. The quantitative estimate of drug-likeness (QED) is 0.531. The molecule has 0 aliphatic carbocycles. The van der Waals surface area contributed by atoms with Crippen molar-refractivity contribution in [1.29, 1.82) is 0 Å². The van der Waals surface area contributed by atoms with Crippen LogP contribution in [0.15, 0.2) is 42.5 Å². The Morgan fingerprint density at radius 3 is 2.06 bits per heavy atom. The maximum absolute atomic E-state index is 12.7. The maximum atomic E-state index is 12.7. The highest BCUT2D eigenvalue weighted by Gasteiger charge is 2.27. The van der Waals surface area contributed by atoms with Gasteiger partial charge in [-0.15, -0.1) is 0 Å². The monoisotopic (exact) mass is 484 g/mol. The van der Waals surface area contributed by atoms with E-state index in [1.807, 2.05) is 13.8 Å². The third-order valence-corrected chi connectivity index (χ3v) is 6.21. The van der Waals surface area contributed by atoms with Gasteiger partial charge in [-0.1, -0.05) is 56.1 Å². The molecule has 0 heterocycles. The van der Waals surface area contributed by atoms with Gasteiger partial charge in [0.15, 0.2) is 0 Å². The number of halogens is 2. The van der Waals surface area contributed by atoms with Crippen molar-refractivity contribution in [3.8, 4) is 0 Å². The highest BCUT2D eigenvalue weighted by atomic mass is 35.5. The van der Waals surface area contributed by atoms with Gasteiger partial charge >= 0.3 is 0 Å². The topological polar surface area (TPSA) is 66.5 Å². The van der Waals surface area contributed by atoms with Crippen molar-refractivity contribution in [2.45, 2.75) is 53.1 Å². The van der Waals surface area contributed by atoms with Crippen LogP contribution >= 0.6 is 23.2 Å². The van der Waals surface area contributed by atoms with E-state index in [2.05, 4.69) is 26.1 Å². The van der Waals surface area contributed by atoms with Crippen molar-refractivity contribution >= 4 is 44.8 Å². The van der Waals surface area contributed by atoms with E-state index in [0.29, 0.717) is 16.3 Å². The minimum absolute atomic E-state index is 0.0810. The summed E-state index contributed by atoms with van der Waals surface area (Å²) in [6.45, 7) is 10.5. The average Bonchev–Trinajstić information content (AvgIpc) is 2.57. The molecule has 31 heavy (non-hydrogen) atoms. The van der Waals surface area contributed by atoms with Crippen LogP contribution in [0.4, 0.5) is 5.69 Å². The van der Waals surface area contributed by atoms with Crippen molar-refractivity contribution < 1.29 is 13.2 Å². The summed E-state index contributed by atoms with van der Waals surface area (Å²) < 4.78 is 26.0. The zero-order valence-electron chi connectivity index (χ0n) is 18.8. The first kappa shape index (κ1) is 25.5. The Labute approximate surface area is 195 Å². The largest absolute Gasteiger partial charge is 0.347 e. The first-order valence-electron chi connectivity index (χ1n) is 9.92. The molecule has 0 aliphatic heterocycles. The number of nitrogens with one attached hydrogen (secondary N) is 1. The highest BCUT2D eigenvalue weighted by Crippen LogP contribution is 2.31. The molecule has 0 aromatic heterocycles.